The average molecular weight is 302 g/mol. The van der Waals surface area contributed by atoms with Crippen LogP contribution < -0.4 is 0 Å². The normalized spacial score (nSPS) is 18.9. The van der Waals surface area contributed by atoms with Gasteiger partial charge in [-0.3, -0.25) is 0 Å². The van der Waals surface area contributed by atoms with Crippen LogP contribution in [0.3, 0.4) is 0 Å². The summed E-state index contributed by atoms with van der Waals surface area (Å²) in [6.07, 6.45) is 11.2. The molecule has 2 aromatic rings. The van der Waals surface area contributed by atoms with E-state index in [9.17, 15) is 0 Å². The lowest BCUT2D eigenvalue weighted by Crippen LogP contribution is -2.06. The lowest BCUT2D eigenvalue weighted by molar-refractivity contribution is 0.723. The summed E-state index contributed by atoms with van der Waals surface area (Å²) in [6.45, 7) is 0. The van der Waals surface area contributed by atoms with Crippen LogP contribution in [0.25, 0.3) is 10.9 Å². The van der Waals surface area contributed by atoms with Crippen molar-refractivity contribution in [3.05, 3.63) is 40.9 Å². The van der Waals surface area contributed by atoms with Crippen LogP contribution in [0.5, 0.6) is 0 Å². The summed E-state index contributed by atoms with van der Waals surface area (Å²) >= 11 is 7.95. The number of terminal acetylenes is 1. The van der Waals surface area contributed by atoms with Crippen molar-refractivity contribution in [2.24, 2.45) is 7.05 Å². The second-order valence-corrected chi connectivity index (χ2v) is 6.83. The van der Waals surface area contributed by atoms with Crippen LogP contribution in [0, 0.1) is 12.3 Å². The zero-order chi connectivity index (χ0) is 14.1. The number of rotatable bonds is 2. The Morgan fingerprint density at radius 3 is 3.05 bits per heavy atom. The quantitative estimate of drug-likeness (QED) is 0.704. The summed E-state index contributed by atoms with van der Waals surface area (Å²) in [4.78, 5) is 0. The van der Waals surface area contributed by atoms with Gasteiger partial charge in [-0.1, -0.05) is 23.6 Å². The Morgan fingerprint density at radius 1 is 1.40 bits per heavy atom. The Hall–Kier alpha value is -1.30. The van der Waals surface area contributed by atoms with Crippen molar-refractivity contribution in [3.63, 3.8) is 0 Å². The Bertz CT molecular complexity index is 720. The van der Waals surface area contributed by atoms with E-state index in [2.05, 4.69) is 35.7 Å². The summed E-state index contributed by atoms with van der Waals surface area (Å²) in [7, 11) is 2.10. The molecule has 0 aliphatic heterocycles. The van der Waals surface area contributed by atoms with Gasteiger partial charge in [0.05, 0.1) is 5.03 Å². The minimum absolute atomic E-state index is 0.480. The number of halogens is 1. The molecule has 0 N–H and O–H groups in total. The molecule has 1 nitrogen and oxygen atoms in total. The largest absolute Gasteiger partial charge is 0.339 e. The van der Waals surface area contributed by atoms with E-state index in [0.29, 0.717) is 5.25 Å². The zero-order valence-electron chi connectivity index (χ0n) is 11.4. The predicted octanol–water partition coefficient (Wildman–Crippen LogP) is 5.04. The zero-order valence-corrected chi connectivity index (χ0v) is 13.0. The summed E-state index contributed by atoms with van der Waals surface area (Å²) in [5, 5.41) is 3.72. The van der Waals surface area contributed by atoms with Crippen LogP contribution in [-0.2, 0) is 7.05 Å². The average Bonchev–Trinajstić information content (AvgIpc) is 2.75. The number of hydrogen-bond donors (Lipinski definition) is 0. The molecule has 1 aliphatic rings. The van der Waals surface area contributed by atoms with E-state index in [-0.39, 0.29) is 0 Å². The number of nitrogens with zero attached hydrogens (tertiary/aromatic N) is 1. The van der Waals surface area contributed by atoms with Gasteiger partial charge >= 0.3 is 0 Å². The second kappa shape index (κ2) is 5.60. The van der Waals surface area contributed by atoms with Gasteiger partial charge in [0.15, 0.2) is 0 Å². The molecule has 20 heavy (non-hydrogen) atoms. The molecule has 1 aromatic carbocycles. The van der Waals surface area contributed by atoms with Crippen LogP contribution in [0.2, 0.25) is 5.02 Å². The first kappa shape index (κ1) is 13.7. The molecule has 0 amide bonds. The molecule has 1 unspecified atom stereocenters. The highest BCUT2D eigenvalue weighted by molar-refractivity contribution is 8.00. The summed E-state index contributed by atoms with van der Waals surface area (Å²) in [5.74, 6) is 2.79. The molecule has 102 valence electrons. The van der Waals surface area contributed by atoms with E-state index in [1.54, 1.807) is 0 Å². The van der Waals surface area contributed by atoms with Crippen LogP contribution in [0.15, 0.2) is 40.9 Å². The Labute approximate surface area is 129 Å². The van der Waals surface area contributed by atoms with Crippen molar-refractivity contribution in [1.29, 1.82) is 0 Å². The standard InChI is InChI=1S/C17H16ClNS/c1-3-12-5-4-6-15(9-12)20-17-11-13-10-14(18)7-8-16(13)19(17)2/h1,7-11,15H,4-6H2,2H3. The molecule has 1 aromatic heterocycles. The first-order chi connectivity index (χ1) is 9.67. The number of benzene rings is 1. The van der Waals surface area contributed by atoms with Gasteiger partial charge < -0.3 is 4.57 Å². The fraction of sp³-hybridized carbons (Fsp3) is 0.294. The Balaban J connectivity index is 1.91. The maximum Gasteiger partial charge on any atom is 0.0762 e. The van der Waals surface area contributed by atoms with Gasteiger partial charge in [-0.15, -0.1) is 18.2 Å². The molecule has 0 radical (unpaired) electrons. The van der Waals surface area contributed by atoms with Crippen LogP contribution in [0.4, 0.5) is 0 Å². The molecule has 0 saturated carbocycles. The van der Waals surface area contributed by atoms with Crippen LogP contribution in [-0.4, -0.2) is 9.82 Å². The Kier molecular flexibility index (Phi) is 3.83. The van der Waals surface area contributed by atoms with Gasteiger partial charge in [-0.2, -0.15) is 0 Å². The molecule has 0 saturated heterocycles. The fourth-order valence-electron chi connectivity index (χ4n) is 2.66. The highest BCUT2D eigenvalue weighted by Crippen LogP contribution is 2.35. The van der Waals surface area contributed by atoms with Gasteiger partial charge in [0.2, 0.25) is 0 Å². The molecule has 0 fully saturated rings. The molecule has 3 heteroatoms. The van der Waals surface area contributed by atoms with E-state index in [1.807, 2.05) is 23.9 Å². The molecule has 0 bridgehead atoms. The van der Waals surface area contributed by atoms with Gasteiger partial charge in [0.25, 0.3) is 0 Å². The van der Waals surface area contributed by atoms with Gasteiger partial charge in [-0.25, -0.2) is 0 Å². The van der Waals surface area contributed by atoms with Crippen molar-refractivity contribution in [3.8, 4) is 12.3 Å². The Morgan fingerprint density at radius 2 is 2.25 bits per heavy atom. The van der Waals surface area contributed by atoms with Crippen LogP contribution >= 0.6 is 23.4 Å². The third-order valence-electron chi connectivity index (χ3n) is 3.74. The van der Waals surface area contributed by atoms with Crippen molar-refractivity contribution in [2.45, 2.75) is 29.5 Å². The number of fused-ring (bicyclic) bond motifs is 1. The predicted molar refractivity (Wildman–Crippen MR) is 88.3 cm³/mol. The van der Waals surface area contributed by atoms with E-state index in [1.165, 1.54) is 28.8 Å². The number of aryl methyl sites for hydroxylation is 1. The first-order valence-corrected chi connectivity index (χ1v) is 8.02. The minimum atomic E-state index is 0.480. The molecule has 1 heterocycles. The van der Waals surface area contributed by atoms with Crippen molar-refractivity contribution in [1.82, 2.24) is 4.57 Å². The van der Waals surface area contributed by atoms with Gasteiger partial charge in [0.1, 0.15) is 0 Å². The third kappa shape index (κ3) is 2.61. The number of hydrogen-bond acceptors (Lipinski definition) is 1. The third-order valence-corrected chi connectivity index (χ3v) is 5.28. The maximum absolute atomic E-state index is 6.06. The van der Waals surface area contributed by atoms with E-state index >= 15 is 0 Å². The summed E-state index contributed by atoms with van der Waals surface area (Å²) < 4.78 is 2.23. The lowest BCUT2D eigenvalue weighted by atomic mass is 10.00. The highest BCUT2D eigenvalue weighted by Gasteiger charge is 2.16. The molecule has 0 spiro atoms. The summed E-state index contributed by atoms with van der Waals surface area (Å²) in [6, 6.07) is 8.25. The SMILES string of the molecule is C#CC1=CC(Sc2cc3cc(Cl)ccc3n2C)CCC1. The smallest absolute Gasteiger partial charge is 0.0762 e. The number of allylic oxidation sites excluding steroid dienone is 1. The van der Waals surface area contributed by atoms with E-state index in [4.69, 9.17) is 18.0 Å². The molecule has 3 rings (SSSR count). The minimum Gasteiger partial charge on any atom is -0.339 e. The fourth-order valence-corrected chi connectivity index (χ4v) is 4.12. The van der Waals surface area contributed by atoms with Crippen molar-refractivity contribution in [2.75, 3.05) is 0 Å². The van der Waals surface area contributed by atoms with Gasteiger partial charge in [0, 0.05) is 28.2 Å². The number of thioether (sulfide) groups is 1. The summed E-state index contributed by atoms with van der Waals surface area (Å²) in [5.41, 5.74) is 2.37. The lowest BCUT2D eigenvalue weighted by Gasteiger charge is -2.18. The molecular formula is C17H16ClNS. The molecular weight excluding hydrogens is 286 g/mol. The first-order valence-electron chi connectivity index (χ1n) is 6.76. The van der Waals surface area contributed by atoms with Crippen LogP contribution in [0.1, 0.15) is 19.3 Å². The maximum atomic E-state index is 6.06. The van der Waals surface area contributed by atoms with Gasteiger partial charge in [-0.05, 0) is 49.1 Å². The van der Waals surface area contributed by atoms with E-state index < -0.39 is 0 Å². The monoisotopic (exact) mass is 301 g/mol. The van der Waals surface area contributed by atoms with Crippen molar-refractivity contribution < 1.29 is 0 Å². The highest BCUT2D eigenvalue weighted by atomic mass is 35.5. The topological polar surface area (TPSA) is 4.93 Å². The second-order valence-electron chi connectivity index (χ2n) is 5.13. The number of aromatic nitrogens is 1. The molecule has 1 atom stereocenters. The van der Waals surface area contributed by atoms with E-state index in [0.717, 1.165) is 17.0 Å². The molecule has 1 aliphatic carbocycles. The van der Waals surface area contributed by atoms with Crippen molar-refractivity contribution >= 4 is 34.3 Å².